The van der Waals surface area contributed by atoms with Crippen molar-refractivity contribution in [2.24, 2.45) is 0 Å². The molecule has 1 aliphatic rings. The van der Waals surface area contributed by atoms with Gasteiger partial charge in [-0.05, 0) is 58.8 Å². The highest BCUT2D eigenvalue weighted by atomic mass is 16.5. The predicted octanol–water partition coefficient (Wildman–Crippen LogP) is 1.40. The molecule has 0 aromatic carbocycles. The number of nitrogens with one attached hydrogen (secondary N) is 1. The Morgan fingerprint density at radius 3 is 2.59 bits per heavy atom. The van der Waals surface area contributed by atoms with Gasteiger partial charge in [0.1, 0.15) is 5.54 Å². The van der Waals surface area contributed by atoms with E-state index < -0.39 is 5.54 Å². The van der Waals surface area contributed by atoms with Crippen LogP contribution >= 0.6 is 0 Å². The predicted molar refractivity (Wildman–Crippen MR) is 69.0 cm³/mol. The monoisotopic (exact) mass is 242 g/mol. The zero-order valence-corrected chi connectivity index (χ0v) is 11.4. The topological polar surface area (TPSA) is 41.6 Å². The van der Waals surface area contributed by atoms with Crippen LogP contribution in [0.4, 0.5) is 0 Å². The summed E-state index contributed by atoms with van der Waals surface area (Å²) in [5.74, 6) is -0.152. The van der Waals surface area contributed by atoms with Gasteiger partial charge in [0.2, 0.25) is 0 Å². The van der Waals surface area contributed by atoms with Crippen molar-refractivity contribution in [3.05, 3.63) is 0 Å². The Labute approximate surface area is 105 Å². The fraction of sp³-hybridized carbons (Fsp3) is 0.923. The minimum atomic E-state index is -0.525. The zero-order valence-electron chi connectivity index (χ0n) is 11.4. The highest BCUT2D eigenvalue weighted by Gasteiger charge is 2.32. The first-order chi connectivity index (χ1) is 8.12. The third-order valence-corrected chi connectivity index (χ3v) is 3.55. The Morgan fingerprint density at radius 2 is 2.06 bits per heavy atom. The first kappa shape index (κ1) is 14.5. The number of likely N-dealkylation sites (N-methyl/N-ethyl adjacent to an activating group) is 1. The van der Waals surface area contributed by atoms with Crippen molar-refractivity contribution < 1.29 is 9.53 Å². The number of carbonyl (C=O) groups is 1. The van der Waals surface area contributed by atoms with Crippen LogP contribution in [0, 0.1) is 0 Å². The first-order valence-corrected chi connectivity index (χ1v) is 6.68. The summed E-state index contributed by atoms with van der Waals surface area (Å²) in [5.41, 5.74) is -0.525. The van der Waals surface area contributed by atoms with Gasteiger partial charge >= 0.3 is 5.97 Å². The van der Waals surface area contributed by atoms with Crippen molar-refractivity contribution in [3.63, 3.8) is 0 Å². The van der Waals surface area contributed by atoms with Crippen LogP contribution < -0.4 is 5.32 Å². The molecule has 1 saturated heterocycles. The van der Waals surface area contributed by atoms with Crippen molar-refractivity contribution in [1.82, 2.24) is 10.2 Å². The molecule has 1 fully saturated rings. The van der Waals surface area contributed by atoms with Gasteiger partial charge < -0.3 is 15.0 Å². The molecule has 1 aliphatic heterocycles. The lowest BCUT2D eigenvalue weighted by atomic mass is 9.95. The molecule has 100 valence electrons. The standard InChI is InChI=1S/C13H26N2O2/c1-4-14-13(2,12(16)17-3)8-7-11-15-9-5-6-10-15/h14H,4-11H2,1-3H3. The summed E-state index contributed by atoms with van der Waals surface area (Å²) < 4.78 is 4.88. The summed E-state index contributed by atoms with van der Waals surface area (Å²) in [6, 6.07) is 0. The molecule has 1 unspecified atom stereocenters. The van der Waals surface area contributed by atoms with E-state index in [1.807, 2.05) is 13.8 Å². The number of hydrogen-bond acceptors (Lipinski definition) is 4. The van der Waals surface area contributed by atoms with E-state index in [1.165, 1.54) is 33.0 Å². The number of methoxy groups -OCH3 is 1. The van der Waals surface area contributed by atoms with E-state index in [2.05, 4.69) is 10.2 Å². The van der Waals surface area contributed by atoms with Gasteiger partial charge in [-0.2, -0.15) is 0 Å². The highest BCUT2D eigenvalue weighted by Crippen LogP contribution is 2.16. The molecule has 1 rings (SSSR count). The molecule has 0 aromatic rings. The van der Waals surface area contributed by atoms with Crippen LogP contribution in [0.1, 0.15) is 39.5 Å². The van der Waals surface area contributed by atoms with Gasteiger partial charge in [-0.1, -0.05) is 6.92 Å². The van der Waals surface area contributed by atoms with Gasteiger partial charge in [-0.25, -0.2) is 0 Å². The minimum Gasteiger partial charge on any atom is -0.468 e. The molecule has 1 N–H and O–H groups in total. The van der Waals surface area contributed by atoms with E-state index in [-0.39, 0.29) is 5.97 Å². The van der Waals surface area contributed by atoms with E-state index in [0.29, 0.717) is 0 Å². The number of hydrogen-bond donors (Lipinski definition) is 1. The second-order valence-electron chi connectivity index (χ2n) is 5.01. The van der Waals surface area contributed by atoms with Gasteiger partial charge in [0, 0.05) is 0 Å². The van der Waals surface area contributed by atoms with Crippen molar-refractivity contribution in [1.29, 1.82) is 0 Å². The zero-order chi connectivity index (χ0) is 12.7. The molecule has 0 amide bonds. The summed E-state index contributed by atoms with van der Waals surface area (Å²) >= 11 is 0. The second-order valence-corrected chi connectivity index (χ2v) is 5.01. The van der Waals surface area contributed by atoms with Crippen molar-refractivity contribution in [2.45, 2.75) is 45.1 Å². The smallest absolute Gasteiger partial charge is 0.325 e. The molecule has 0 radical (unpaired) electrons. The molecular formula is C13H26N2O2. The van der Waals surface area contributed by atoms with E-state index in [4.69, 9.17) is 4.74 Å². The Kier molecular flexibility index (Phi) is 5.92. The lowest BCUT2D eigenvalue weighted by Crippen LogP contribution is -2.50. The van der Waals surface area contributed by atoms with Gasteiger partial charge in [-0.3, -0.25) is 4.79 Å². The van der Waals surface area contributed by atoms with E-state index in [9.17, 15) is 4.79 Å². The molecule has 0 bridgehead atoms. The lowest BCUT2D eigenvalue weighted by Gasteiger charge is -2.28. The van der Waals surface area contributed by atoms with Gasteiger partial charge in [-0.15, -0.1) is 0 Å². The maximum atomic E-state index is 11.8. The third-order valence-electron chi connectivity index (χ3n) is 3.55. The van der Waals surface area contributed by atoms with E-state index >= 15 is 0 Å². The maximum Gasteiger partial charge on any atom is 0.325 e. The molecule has 0 aliphatic carbocycles. The molecule has 0 saturated carbocycles. The Balaban J connectivity index is 2.35. The average Bonchev–Trinajstić information content (AvgIpc) is 2.81. The number of esters is 1. The number of likely N-dealkylation sites (tertiary alicyclic amines) is 1. The molecule has 0 aromatic heterocycles. The molecule has 17 heavy (non-hydrogen) atoms. The Hall–Kier alpha value is -0.610. The fourth-order valence-corrected chi connectivity index (χ4v) is 2.54. The van der Waals surface area contributed by atoms with Crippen LogP contribution in [0.5, 0.6) is 0 Å². The number of carbonyl (C=O) groups excluding carboxylic acids is 1. The number of nitrogens with zero attached hydrogens (tertiary/aromatic N) is 1. The summed E-state index contributed by atoms with van der Waals surface area (Å²) in [5, 5.41) is 3.24. The lowest BCUT2D eigenvalue weighted by molar-refractivity contribution is -0.148. The normalized spacial score (nSPS) is 20.2. The van der Waals surface area contributed by atoms with Crippen molar-refractivity contribution >= 4 is 5.97 Å². The molecule has 1 heterocycles. The number of ether oxygens (including phenoxy) is 1. The van der Waals surface area contributed by atoms with Crippen molar-refractivity contribution in [2.75, 3.05) is 33.3 Å². The van der Waals surface area contributed by atoms with E-state index in [1.54, 1.807) is 0 Å². The molecule has 4 heteroatoms. The quantitative estimate of drug-likeness (QED) is 0.685. The van der Waals surface area contributed by atoms with Crippen LogP contribution in [0.3, 0.4) is 0 Å². The molecule has 1 atom stereocenters. The third kappa shape index (κ3) is 4.28. The highest BCUT2D eigenvalue weighted by molar-refractivity contribution is 5.80. The maximum absolute atomic E-state index is 11.8. The number of rotatable bonds is 7. The van der Waals surface area contributed by atoms with Crippen LogP contribution in [0.2, 0.25) is 0 Å². The second kappa shape index (κ2) is 6.97. The van der Waals surface area contributed by atoms with Crippen LogP contribution in [-0.4, -0.2) is 49.7 Å². The fourth-order valence-electron chi connectivity index (χ4n) is 2.54. The first-order valence-electron chi connectivity index (χ1n) is 6.68. The Bertz CT molecular complexity index is 240. The summed E-state index contributed by atoms with van der Waals surface area (Å²) in [4.78, 5) is 14.2. The van der Waals surface area contributed by atoms with Gasteiger partial charge in [0.15, 0.2) is 0 Å². The van der Waals surface area contributed by atoms with Crippen LogP contribution in [-0.2, 0) is 9.53 Å². The summed E-state index contributed by atoms with van der Waals surface area (Å²) in [7, 11) is 1.46. The molecular weight excluding hydrogens is 216 g/mol. The largest absolute Gasteiger partial charge is 0.468 e. The van der Waals surface area contributed by atoms with Crippen LogP contribution in [0.15, 0.2) is 0 Å². The average molecular weight is 242 g/mol. The minimum absolute atomic E-state index is 0.152. The van der Waals surface area contributed by atoms with Gasteiger partial charge in [0.25, 0.3) is 0 Å². The van der Waals surface area contributed by atoms with E-state index in [0.717, 1.165) is 25.9 Å². The molecule has 4 nitrogen and oxygen atoms in total. The molecule has 0 spiro atoms. The SMILES string of the molecule is CCNC(C)(CCCN1CCCC1)C(=O)OC. The van der Waals surface area contributed by atoms with Crippen LogP contribution in [0.25, 0.3) is 0 Å². The summed E-state index contributed by atoms with van der Waals surface area (Å²) in [6.07, 6.45) is 4.52. The van der Waals surface area contributed by atoms with Gasteiger partial charge in [0.05, 0.1) is 7.11 Å². The van der Waals surface area contributed by atoms with Crippen molar-refractivity contribution in [3.8, 4) is 0 Å². The Morgan fingerprint density at radius 1 is 1.41 bits per heavy atom. The summed E-state index contributed by atoms with van der Waals surface area (Å²) in [6.45, 7) is 8.27.